The third-order valence-corrected chi connectivity index (χ3v) is 3.83. The first kappa shape index (κ1) is 13.9. The van der Waals surface area contributed by atoms with Gasteiger partial charge in [0.05, 0.1) is 0 Å². The van der Waals surface area contributed by atoms with Gasteiger partial charge in [0.15, 0.2) is 11.6 Å². The van der Waals surface area contributed by atoms with Gasteiger partial charge in [0.25, 0.3) is 0 Å². The van der Waals surface area contributed by atoms with Gasteiger partial charge < -0.3 is 5.73 Å². The molecule has 0 fully saturated rings. The van der Waals surface area contributed by atoms with Crippen LogP contribution in [0.2, 0.25) is 0 Å². The standard InChI is InChI=1S/C15H15F2NS/c16-14-8-7-13(10-15(14)17)19-9-1-2-11-3-5-12(18)6-4-11/h3-8,10H,1-2,9,18H2. The van der Waals surface area contributed by atoms with Crippen LogP contribution in [0.3, 0.4) is 0 Å². The monoisotopic (exact) mass is 279 g/mol. The number of benzene rings is 2. The van der Waals surface area contributed by atoms with Crippen LogP contribution in [0.15, 0.2) is 47.4 Å². The Balaban J connectivity index is 1.77. The second-order valence-corrected chi connectivity index (χ2v) is 5.44. The molecule has 0 bridgehead atoms. The van der Waals surface area contributed by atoms with Crippen LogP contribution < -0.4 is 5.73 Å². The molecule has 0 unspecified atom stereocenters. The lowest BCUT2D eigenvalue weighted by Crippen LogP contribution is -1.90. The van der Waals surface area contributed by atoms with Crippen LogP contribution in [0.1, 0.15) is 12.0 Å². The summed E-state index contributed by atoms with van der Waals surface area (Å²) >= 11 is 1.53. The van der Waals surface area contributed by atoms with Gasteiger partial charge in [0, 0.05) is 10.6 Å². The number of hydrogen-bond donors (Lipinski definition) is 1. The predicted molar refractivity (Wildman–Crippen MR) is 76.3 cm³/mol. The first-order chi connectivity index (χ1) is 9.15. The highest BCUT2D eigenvalue weighted by Crippen LogP contribution is 2.21. The topological polar surface area (TPSA) is 26.0 Å². The van der Waals surface area contributed by atoms with Crippen molar-refractivity contribution in [2.45, 2.75) is 17.7 Å². The Morgan fingerprint density at radius 1 is 0.947 bits per heavy atom. The van der Waals surface area contributed by atoms with Gasteiger partial charge in [0.2, 0.25) is 0 Å². The first-order valence-electron chi connectivity index (χ1n) is 6.07. The lowest BCUT2D eigenvalue weighted by atomic mass is 10.1. The van der Waals surface area contributed by atoms with E-state index in [0.717, 1.165) is 35.2 Å². The molecule has 2 aromatic rings. The van der Waals surface area contributed by atoms with Crippen LogP contribution in [0.4, 0.5) is 14.5 Å². The van der Waals surface area contributed by atoms with Gasteiger partial charge in [-0.3, -0.25) is 0 Å². The number of thioether (sulfide) groups is 1. The van der Waals surface area contributed by atoms with E-state index in [1.54, 1.807) is 6.07 Å². The molecule has 19 heavy (non-hydrogen) atoms. The fourth-order valence-corrected chi connectivity index (χ4v) is 2.59. The van der Waals surface area contributed by atoms with Crippen LogP contribution in [0.5, 0.6) is 0 Å². The quantitative estimate of drug-likeness (QED) is 0.502. The van der Waals surface area contributed by atoms with Crippen molar-refractivity contribution in [3.63, 3.8) is 0 Å². The predicted octanol–water partition coefficient (Wildman–Crippen LogP) is 4.27. The Bertz CT molecular complexity index is 540. The van der Waals surface area contributed by atoms with Gasteiger partial charge in [-0.1, -0.05) is 12.1 Å². The van der Waals surface area contributed by atoms with E-state index >= 15 is 0 Å². The number of aryl methyl sites for hydroxylation is 1. The SMILES string of the molecule is Nc1ccc(CCCSc2ccc(F)c(F)c2)cc1. The molecule has 0 saturated carbocycles. The van der Waals surface area contributed by atoms with Crippen LogP contribution in [-0.4, -0.2) is 5.75 Å². The zero-order valence-corrected chi connectivity index (χ0v) is 11.2. The average Bonchev–Trinajstić information content (AvgIpc) is 2.41. The van der Waals surface area contributed by atoms with E-state index in [1.807, 2.05) is 24.3 Å². The summed E-state index contributed by atoms with van der Waals surface area (Å²) in [5, 5.41) is 0. The van der Waals surface area contributed by atoms with Gasteiger partial charge in [-0.25, -0.2) is 8.78 Å². The first-order valence-corrected chi connectivity index (χ1v) is 7.06. The van der Waals surface area contributed by atoms with Crippen LogP contribution in [-0.2, 0) is 6.42 Å². The zero-order chi connectivity index (χ0) is 13.7. The van der Waals surface area contributed by atoms with Crippen molar-refractivity contribution < 1.29 is 8.78 Å². The lowest BCUT2D eigenvalue weighted by molar-refractivity contribution is 0.506. The Morgan fingerprint density at radius 2 is 1.68 bits per heavy atom. The fourth-order valence-electron chi connectivity index (χ4n) is 1.72. The molecule has 0 aliphatic rings. The van der Waals surface area contributed by atoms with Crippen molar-refractivity contribution in [1.29, 1.82) is 0 Å². The molecule has 4 heteroatoms. The van der Waals surface area contributed by atoms with Gasteiger partial charge in [0.1, 0.15) is 0 Å². The Morgan fingerprint density at radius 3 is 2.37 bits per heavy atom. The van der Waals surface area contributed by atoms with E-state index in [2.05, 4.69) is 0 Å². The lowest BCUT2D eigenvalue weighted by Gasteiger charge is -2.03. The molecule has 0 aromatic heterocycles. The Hall–Kier alpha value is -1.55. The highest BCUT2D eigenvalue weighted by atomic mass is 32.2. The molecule has 2 N–H and O–H groups in total. The maximum atomic E-state index is 13.0. The number of nitrogens with two attached hydrogens (primary N) is 1. The third kappa shape index (κ3) is 4.24. The summed E-state index contributed by atoms with van der Waals surface area (Å²) in [6, 6.07) is 11.8. The van der Waals surface area contributed by atoms with E-state index in [-0.39, 0.29) is 0 Å². The van der Waals surface area contributed by atoms with Crippen molar-refractivity contribution in [1.82, 2.24) is 0 Å². The Kier molecular flexibility index (Phi) is 4.80. The molecular weight excluding hydrogens is 264 g/mol. The molecule has 0 atom stereocenters. The number of hydrogen-bond acceptors (Lipinski definition) is 2. The molecule has 0 aliphatic carbocycles. The van der Waals surface area contributed by atoms with Crippen molar-refractivity contribution in [3.05, 3.63) is 59.7 Å². The summed E-state index contributed by atoms with van der Waals surface area (Å²) in [5.41, 5.74) is 7.61. The number of anilines is 1. The Labute approximate surface area is 115 Å². The maximum Gasteiger partial charge on any atom is 0.159 e. The number of halogens is 2. The maximum absolute atomic E-state index is 13.0. The fraction of sp³-hybridized carbons (Fsp3) is 0.200. The number of nitrogen functional groups attached to an aromatic ring is 1. The van der Waals surface area contributed by atoms with Gasteiger partial charge >= 0.3 is 0 Å². The molecule has 100 valence electrons. The zero-order valence-electron chi connectivity index (χ0n) is 10.4. The van der Waals surface area contributed by atoms with E-state index < -0.39 is 11.6 Å². The highest BCUT2D eigenvalue weighted by molar-refractivity contribution is 7.99. The molecule has 0 amide bonds. The molecule has 0 radical (unpaired) electrons. The van der Waals surface area contributed by atoms with E-state index in [4.69, 9.17) is 5.73 Å². The normalized spacial score (nSPS) is 10.6. The summed E-state index contributed by atoms with van der Waals surface area (Å²) in [7, 11) is 0. The van der Waals surface area contributed by atoms with Crippen LogP contribution in [0.25, 0.3) is 0 Å². The van der Waals surface area contributed by atoms with E-state index in [1.165, 1.54) is 23.4 Å². The highest BCUT2D eigenvalue weighted by Gasteiger charge is 2.02. The summed E-state index contributed by atoms with van der Waals surface area (Å²) < 4.78 is 25.7. The van der Waals surface area contributed by atoms with E-state index in [0.29, 0.717) is 0 Å². The van der Waals surface area contributed by atoms with Gasteiger partial charge in [-0.05, 0) is 54.5 Å². The molecule has 2 rings (SSSR count). The largest absolute Gasteiger partial charge is 0.399 e. The smallest absolute Gasteiger partial charge is 0.159 e. The van der Waals surface area contributed by atoms with Crippen molar-refractivity contribution in [2.24, 2.45) is 0 Å². The van der Waals surface area contributed by atoms with Crippen molar-refractivity contribution in [3.8, 4) is 0 Å². The second-order valence-electron chi connectivity index (χ2n) is 4.27. The summed E-state index contributed by atoms with van der Waals surface area (Å²) in [5.74, 6) is -0.718. The molecule has 1 nitrogen and oxygen atoms in total. The molecule has 0 spiro atoms. The van der Waals surface area contributed by atoms with Gasteiger partial charge in [-0.15, -0.1) is 11.8 Å². The average molecular weight is 279 g/mol. The minimum Gasteiger partial charge on any atom is -0.399 e. The summed E-state index contributed by atoms with van der Waals surface area (Å²) in [4.78, 5) is 0.760. The van der Waals surface area contributed by atoms with Crippen molar-refractivity contribution in [2.75, 3.05) is 11.5 Å². The third-order valence-electron chi connectivity index (χ3n) is 2.75. The van der Waals surface area contributed by atoms with Crippen LogP contribution >= 0.6 is 11.8 Å². The molecule has 2 aromatic carbocycles. The van der Waals surface area contributed by atoms with Crippen molar-refractivity contribution >= 4 is 17.4 Å². The minimum atomic E-state index is -0.800. The van der Waals surface area contributed by atoms with Crippen LogP contribution in [0, 0.1) is 11.6 Å². The molecule has 0 aliphatic heterocycles. The molecule has 0 heterocycles. The van der Waals surface area contributed by atoms with E-state index in [9.17, 15) is 8.78 Å². The summed E-state index contributed by atoms with van der Waals surface area (Å²) in [6.45, 7) is 0. The number of rotatable bonds is 5. The molecule has 0 saturated heterocycles. The van der Waals surface area contributed by atoms with Gasteiger partial charge in [-0.2, -0.15) is 0 Å². The molecular formula is C15H15F2NS. The minimum absolute atomic E-state index is 0.760. The summed E-state index contributed by atoms with van der Waals surface area (Å²) in [6.07, 6.45) is 1.94. The second kappa shape index (κ2) is 6.57.